The second kappa shape index (κ2) is 4.54. The average Bonchev–Trinajstić information content (AvgIpc) is 2.33. The number of nitrogen functional groups attached to an aromatic ring is 1. The molecule has 92 valence electrons. The summed E-state index contributed by atoms with van der Waals surface area (Å²) < 4.78 is 5.77. The number of hydrogen-bond acceptors (Lipinski definition) is 2. The van der Waals surface area contributed by atoms with E-state index < -0.39 is 0 Å². The summed E-state index contributed by atoms with van der Waals surface area (Å²) in [4.78, 5) is 0. The van der Waals surface area contributed by atoms with Gasteiger partial charge < -0.3 is 10.5 Å². The maximum atomic E-state index is 6.07. The molecule has 0 fully saturated rings. The number of ether oxygens (including phenoxy) is 1. The Labute approximate surface area is 111 Å². The van der Waals surface area contributed by atoms with Crippen LogP contribution in [0.5, 0.6) is 5.75 Å². The maximum absolute atomic E-state index is 6.07. The Balaban J connectivity index is 1.66. The van der Waals surface area contributed by atoms with E-state index in [4.69, 9.17) is 22.1 Å². The van der Waals surface area contributed by atoms with Gasteiger partial charge in [-0.05, 0) is 35.7 Å². The molecule has 1 atom stereocenters. The van der Waals surface area contributed by atoms with E-state index in [2.05, 4.69) is 24.3 Å². The predicted octanol–water partition coefficient (Wildman–Crippen LogP) is 3.64. The Morgan fingerprint density at radius 1 is 1.22 bits per heavy atom. The van der Waals surface area contributed by atoms with E-state index >= 15 is 0 Å². The number of benzene rings is 2. The standard InChI is InChI=1S/C15H14ClNO/c16-14-8-12(17)5-6-15(14)18-9-11-7-10-3-1-2-4-13(10)11/h1-6,8,11H,7,9,17H2. The monoisotopic (exact) mass is 259 g/mol. The van der Waals surface area contributed by atoms with Crippen molar-refractivity contribution < 1.29 is 4.74 Å². The van der Waals surface area contributed by atoms with Gasteiger partial charge in [-0.25, -0.2) is 0 Å². The van der Waals surface area contributed by atoms with Crippen LogP contribution in [0.3, 0.4) is 0 Å². The Bertz CT molecular complexity index is 582. The first-order valence-corrected chi connectivity index (χ1v) is 6.37. The maximum Gasteiger partial charge on any atom is 0.138 e. The molecule has 1 aliphatic rings. The molecule has 0 radical (unpaired) electrons. The van der Waals surface area contributed by atoms with Crippen LogP contribution < -0.4 is 10.5 Å². The van der Waals surface area contributed by atoms with Crippen molar-refractivity contribution in [2.24, 2.45) is 0 Å². The van der Waals surface area contributed by atoms with Gasteiger partial charge in [-0.2, -0.15) is 0 Å². The van der Waals surface area contributed by atoms with E-state index in [0.717, 1.165) is 6.42 Å². The third-order valence-corrected chi connectivity index (χ3v) is 3.65. The molecule has 18 heavy (non-hydrogen) atoms. The van der Waals surface area contributed by atoms with E-state index in [1.807, 2.05) is 6.07 Å². The number of nitrogens with two attached hydrogens (primary N) is 1. The van der Waals surface area contributed by atoms with Gasteiger partial charge in [0.2, 0.25) is 0 Å². The fourth-order valence-electron chi connectivity index (χ4n) is 2.34. The topological polar surface area (TPSA) is 35.2 Å². The quantitative estimate of drug-likeness (QED) is 0.854. The van der Waals surface area contributed by atoms with Gasteiger partial charge in [0, 0.05) is 11.6 Å². The van der Waals surface area contributed by atoms with E-state index in [1.54, 1.807) is 12.1 Å². The van der Waals surface area contributed by atoms with Gasteiger partial charge in [0.1, 0.15) is 5.75 Å². The highest BCUT2D eigenvalue weighted by atomic mass is 35.5. The minimum Gasteiger partial charge on any atom is -0.491 e. The van der Waals surface area contributed by atoms with Crippen LogP contribution >= 0.6 is 11.6 Å². The van der Waals surface area contributed by atoms with Gasteiger partial charge in [-0.3, -0.25) is 0 Å². The zero-order valence-electron chi connectivity index (χ0n) is 9.90. The summed E-state index contributed by atoms with van der Waals surface area (Å²) in [5.74, 6) is 1.19. The molecule has 0 saturated carbocycles. The molecule has 1 aliphatic carbocycles. The second-order valence-electron chi connectivity index (χ2n) is 4.60. The van der Waals surface area contributed by atoms with Crippen LogP contribution in [0.15, 0.2) is 42.5 Å². The molecule has 0 aliphatic heterocycles. The van der Waals surface area contributed by atoms with Crippen molar-refractivity contribution in [3.8, 4) is 5.75 Å². The lowest BCUT2D eigenvalue weighted by atomic mass is 9.78. The second-order valence-corrected chi connectivity index (χ2v) is 5.01. The van der Waals surface area contributed by atoms with Crippen molar-refractivity contribution in [3.63, 3.8) is 0 Å². The molecule has 0 saturated heterocycles. The summed E-state index contributed by atoms with van der Waals surface area (Å²) >= 11 is 6.07. The summed E-state index contributed by atoms with van der Waals surface area (Å²) in [6.45, 7) is 0.667. The van der Waals surface area contributed by atoms with Crippen LogP contribution in [0.2, 0.25) is 5.02 Å². The number of hydrogen-bond donors (Lipinski definition) is 1. The van der Waals surface area contributed by atoms with Crippen LogP contribution in [-0.4, -0.2) is 6.61 Å². The molecular formula is C15H14ClNO. The smallest absolute Gasteiger partial charge is 0.138 e. The first-order valence-electron chi connectivity index (χ1n) is 5.99. The van der Waals surface area contributed by atoms with E-state index in [1.165, 1.54) is 11.1 Å². The Kier molecular flexibility index (Phi) is 2.88. The predicted molar refractivity (Wildman–Crippen MR) is 74.2 cm³/mol. The molecule has 3 rings (SSSR count). The van der Waals surface area contributed by atoms with Gasteiger partial charge in [0.15, 0.2) is 0 Å². The summed E-state index contributed by atoms with van der Waals surface area (Å²) in [7, 11) is 0. The van der Waals surface area contributed by atoms with Gasteiger partial charge in [0.25, 0.3) is 0 Å². The molecule has 2 N–H and O–H groups in total. The Morgan fingerprint density at radius 2 is 2.06 bits per heavy atom. The molecule has 0 aromatic heterocycles. The molecule has 3 heteroatoms. The minimum absolute atomic E-state index is 0.481. The molecule has 2 aromatic carbocycles. The van der Waals surface area contributed by atoms with E-state index in [-0.39, 0.29) is 0 Å². The van der Waals surface area contributed by atoms with Crippen molar-refractivity contribution >= 4 is 17.3 Å². The third kappa shape index (κ3) is 2.04. The number of fused-ring (bicyclic) bond motifs is 1. The average molecular weight is 260 g/mol. The van der Waals surface area contributed by atoms with E-state index in [9.17, 15) is 0 Å². The third-order valence-electron chi connectivity index (χ3n) is 3.36. The first-order chi connectivity index (χ1) is 8.74. The highest BCUT2D eigenvalue weighted by molar-refractivity contribution is 6.32. The fourth-order valence-corrected chi connectivity index (χ4v) is 2.58. The molecule has 1 unspecified atom stereocenters. The number of anilines is 1. The van der Waals surface area contributed by atoms with Gasteiger partial charge in [-0.1, -0.05) is 35.9 Å². The van der Waals surface area contributed by atoms with Crippen LogP contribution in [0, 0.1) is 0 Å². The summed E-state index contributed by atoms with van der Waals surface area (Å²) in [6.07, 6.45) is 1.09. The van der Waals surface area contributed by atoms with Crippen LogP contribution in [0.4, 0.5) is 5.69 Å². The normalized spacial score (nSPS) is 16.8. The van der Waals surface area contributed by atoms with Crippen molar-refractivity contribution in [3.05, 3.63) is 58.6 Å². The van der Waals surface area contributed by atoms with Crippen LogP contribution in [-0.2, 0) is 6.42 Å². The summed E-state index contributed by atoms with van der Waals surface area (Å²) in [6, 6.07) is 13.8. The Morgan fingerprint density at radius 3 is 2.83 bits per heavy atom. The molecule has 2 aromatic rings. The lowest BCUT2D eigenvalue weighted by Gasteiger charge is -2.29. The number of rotatable bonds is 3. The molecule has 0 heterocycles. The van der Waals surface area contributed by atoms with Crippen molar-refractivity contribution in [2.45, 2.75) is 12.3 Å². The zero-order valence-corrected chi connectivity index (χ0v) is 10.7. The van der Waals surface area contributed by atoms with Crippen molar-refractivity contribution in [1.29, 1.82) is 0 Å². The van der Waals surface area contributed by atoms with Gasteiger partial charge in [-0.15, -0.1) is 0 Å². The van der Waals surface area contributed by atoms with Crippen molar-refractivity contribution in [2.75, 3.05) is 12.3 Å². The molecule has 0 spiro atoms. The van der Waals surface area contributed by atoms with Crippen LogP contribution in [0.25, 0.3) is 0 Å². The largest absolute Gasteiger partial charge is 0.491 e. The highest BCUT2D eigenvalue weighted by Crippen LogP contribution is 2.36. The Hall–Kier alpha value is -1.67. The summed E-state index contributed by atoms with van der Waals surface area (Å²) in [5.41, 5.74) is 9.12. The van der Waals surface area contributed by atoms with Crippen molar-refractivity contribution in [1.82, 2.24) is 0 Å². The first kappa shape index (κ1) is 11.4. The lowest BCUT2D eigenvalue weighted by molar-refractivity contribution is 0.275. The lowest BCUT2D eigenvalue weighted by Crippen LogP contribution is -2.23. The zero-order chi connectivity index (χ0) is 12.5. The van der Waals surface area contributed by atoms with Gasteiger partial charge >= 0.3 is 0 Å². The highest BCUT2D eigenvalue weighted by Gasteiger charge is 2.25. The number of halogens is 1. The SMILES string of the molecule is Nc1ccc(OCC2Cc3ccccc32)c(Cl)c1. The molecule has 2 nitrogen and oxygen atoms in total. The molecular weight excluding hydrogens is 246 g/mol. The fraction of sp³-hybridized carbons (Fsp3) is 0.200. The van der Waals surface area contributed by atoms with Crippen LogP contribution in [0.1, 0.15) is 17.0 Å². The van der Waals surface area contributed by atoms with Gasteiger partial charge in [0.05, 0.1) is 11.6 Å². The van der Waals surface area contributed by atoms with E-state index in [0.29, 0.717) is 29.0 Å². The summed E-state index contributed by atoms with van der Waals surface area (Å²) in [5, 5.41) is 0.572. The minimum atomic E-state index is 0.481. The molecule has 0 amide bonds. The molecule has 0 bridgehead atoms.